The molecule has 0 aliphatic heterocycles. The number of thiophene rings is 1. The fraction of sp³-hybridized carbons (Fsp3) is 0.531. The lowest BCUT2D eigenvalue weighted by atomic mass is 9.44. The van der Waals surface area contributed by atoms with E-state index >= 15 is 0 Å². The first-order valence-electron chi connectivity index (χ1n) is 13.3. The molecule has 4 atom stereocenters. The lowest BCUT2D eigenvalue weighted by molar-refractivity contribution is -0.203. The summed E-state index contributed by atoms with van der Waals surface area (Å²) in [5.74, 6) is 0.966. The van der Waals surface area contributed by atoms with E-state index in [0.717, 1.165) is 46.6 Å². The van der Waals surface area contributed by atoms with E-state index in [0.29, 0.717) is 18.3 Å². The van der Waals surface area contributed by atoms with E-state index in [1.165, 1.54) is 0 Å². The Morgan fingerprint density at radius 1 is 1.19 bits per heavy atom. The van der Waals surface area contributed by atoms with Crippen molar-refractivity contribution < 1.29 is 18.0 Å². The Morgan fingerprint density at radius 2 is 1.84 bits per heavy atom. The highest BCUT2D eigenvalue weighted by molar-refractivity contribution is 7.07. The second kappa shape index (κ2) is 13.1. The highest BCUT2D eigenvalue weighted by Gasteiger charge is 2.58. The summed E-state index contributed by atoms with van der Waals surface area (Å²) in [4.78, 5) is 11.5. The van der Waals surface area contributed by atoms with Crippen LogP contribution in [-0.4, -0.2) is 12.0 Å². The van der Waals surface area contributed by atoms with Gasteiger partial charge in [0.05, 0.1) is 0 Å². The van der Waals surface area contributed by atoms with E-state index < -0.39 is 18.0 Å². The van der Waals surface area contributed by atoms with Crippen molar-refractivity contribution in [3.63, 3.8) is 0 Å². The number of hydrogen-bond acceptors (Lipinski definition) is 2. The number of rotatable bonds is 9. The molecule has 1 aromatic heterocycles. The molecule has 0 bridgehead atoms. The highest BCUT2D eigenvalue weighted by Crippen LogP contribution is 2.63. The van der Waals surface area contributed by atoms with Gasteiger partial charge in [-0.05, 0) is 77.2 Å². The molecule has 1 fully saturated rings. The number of unbranched alkanes of at least 4 members (excludes halogenated alkanes) is 2. The van der Waals surface area contributed by atoms with Crippen molar-refractivity contribution in [2.75, 3.05) is 0 Å². The number of halogens is 3. The molecule has 3 rings (SSSR count). The Labute approximate surface area is 225 Å². The van der Waals surface area contributed by atoms with Gasteiger partial charge in [-0.3, -0.25) is 4.79 Å². The number of alkyl halides is 3. The zero-order valence-electron chi connectivity index (χ0n) is 23.3. The topological polar surface area (TPSA) is 17.1 Å². The molecule has 1 heterocycles. The van der Waals surface area contributed by atoms with Gasteiger partial charge in [0.25, 0.3) is 0 Å². The fourth-order valence-electron chi connectivity index (χ4n) is 5.66. The van der Waals surface area contributed by atoms with Gasteiger partial charge < -0.3 is 0 Å². The molecule has 1 aromatic carbocycles. The van der Waals surface area contributed by atoms with Crippen LogP contribution in [0.5, 0.6) is 0 Å². The van der Waals surface area contributed by atoms with Crippen LogP contribution in [0.25, 0.3) is 12.7 Å². The summed E-state index contributed by atoms with van der Waals surface area (Å²) in [6.45, 7) is 15.8. The minimum absolute atomic E-state index is 0.127. The molecule has 0 spiro atoms. The predicted molar refractivity (Wildman–Crippen MR) is 152 cm³/mol. The predicted octanol–water partition coefficient (Wildman–Crippen LogP) is 8.51. The first-order valence-corrected chi connectivity index (χ1v) is 14.2. The van der Waals surface area contributed by atoms with Crippen molar-refractivity contribution in [3.05, 3.63) is 68.7 Å². The quantitative estimate of drug-likeness (QED) is 0.234. The SMILES string of the molecule is C=c1scc/c1=C/C(=C\CCCC)C(C)=O.CC1CC(C)(C(C)(Cc2ccccc2)CC(F)(F)F)C1C. The largest absolute Gasteiger partial charge is 0.389 e. The Hall–Kier alpha value is -2.14. The van der Waals surface area contributed by atoms with Crippen molar-refractivity contribution in [1.82, 2.24) is 0 Å². The summed E-state index contributed by atoms with van der Waals surface area (Å²) in [6, 6.07) is 11.6. The molecule has 4 unspecified atom stereocenters. The van der Waals surface area contributed by atoms with Crippen molar-refractivity contribution in [2.24, 2.45) is 22.7 Å². The molecule has 1 nitrogen and oxygen atoms in total. The van der Waals surface area contributed by atoms with Gasteiger partial charge in [0.1, 0.15) is 0 Å². The minimum Gasteiger partial charge on any atom is -0.295 e. The van der Waals surface area contributed by atoms with Gasteiger partial charge in [0, 0.05) is 16.5 Å². The Bertz CT molecular complexity index is 1150. The van der Waals surface area contributed by atoms with Gasteiger partial charge in [0.15, 0.2) is 5.78 Å². The van der Waals surface area contributed by atoms with Crippen LogP contribution in [0.3, 0.4) is 0 Å². The second-order valence-electron chi connectivity index (χ2n) is 11.2. The van der Waals surface area contributed by atoms with Crippen molar-refractivity contribution >= 4 is 29.8 Å². The number of Topliss-reactive ketones (excluding diaryl/α,β-unsaturated/α-hetero) is 1. The first kappa shape index (κ1) is 31.1. The summed E-state index contributed by atoms with van der Waals surface area (Å²) in [5.41, 5.74) is 0.796. The van der Waals surface area contributed by atoms with Crippen molar-refractivity contribution in [3.8, 4) is 0 Å². The molecule has 0 radical (unpaired) electrons. The molecular weight excluding hydrogens is 489 g/mol. The molecule has 1 aliphatic carbocycles. The van der Waals surface area contributed by atoms with Gasteiger partial charge in [-0.1, -0.05) is 90.4 Å². The monoisotopic (exact) mass is 532 g/mol. The van der Waals surface area contributed by atoms with Gasteiger partial charge >= 0.3 is 6.18 Å². The summed E-state index contributed by atoms with van der Waals surface area (Å²) < 4.78 is 40.5. The zero-order chi connectivity index (χ0) is 27.9. The van der Waals surface area contributed by atoms with Crippen LogP contribution in [0.4, 0.5) is 13.2 Å². The summed E-state index contributed by atoms with van der Waals surface area (Å²) in [5, 5.41) is 3.06. The average molecular weight is 533 g/mol. The molecule has 37 heavy (non-hydrogen) atoms. The lowest BCUT2D eigenvalue weighted by Gasteiger charge is -2.61. The number of benzene rings is 1. The molecule has 0 saturated heterocycles. The van der Waals surface area contributed by atoms with Gasteiger partial charge in [0.2, 0.25) is 0 Å². The van der Waals surface area contributed by atoms with E-state index in [4.69, 9.17) is 0 Å². The van der Waals surface area contributed by atoms with E-state index in [1.807, 2.05) is 67.8 Å². The van der Waals surface area contributed by atoms with Gasteiger partial charge in [-0.15, -0.1) is 11.3 Å². The first-order chi connectivity index (χ1) is 17.2. The van der Waals surface area contributed by atoms with Crippen LogP contribution in [0.2, 0.25) is 0 Å². The van der Waals surface area contributed by atoms with Gasteiger partial charge in [-0.25, -0.2) is 0 Å². The Morgan fingerprint density at radius 3 is 2.30 bits per heavy atom. The number of ketones is 1. The third kappa shape index (κ3) is 8.43. The van der Waals surface area contributed by atoms with Crippen LogP contribution in [-0.2, 0) is 11.2 Å². The number of carbonyl (C=O) groups is 1. The summed E-state index contributed by atoms with van der Waals surface area (Å²) in [7, 11) is 0. The maximum Gasteiger partial charge on any atom is 0.389 e. The maximum absolute atomic E-state index is 13.2. The third-order valence-corrected chi connectivity index (χ3v) is 9.22. The number of hydrogen-bond donors (Lipinski definition) is 0. The molecule has 1 saturated carbocycles. The highest BCUT2D eigenvalue weighted by atomic mass is 32.1. The molecule has 0 N–H and O–H groups in total. The van der Waals surface area contributed by atoms with E-state index in [9.17, 15) is 18.0 Å². The molecule has 2 aromatic rings. The maximum atomic E-state index is 13.2. The van der Waals surface area contributed by atoms with E-state index in [1.54, 1.807) is 18.3 Å². The Balaban J connectivity index is 0.000000271. The minimum atomic E-state index is -4.12. The zero-order valence-corrected chi connectivity index (χ0v) is 24.1. The van der Waals surface area contributed by atoms with Crippen molar-refractivity contribution in [2.45, 2.75) is 86.2 Å². The number of allylic oxidation sites excluding steroid dienone is 2. The normalized spacial score (nSPS) is 24.0. The average Bonchev–Trinajstić information content (AvgIpc) is 3.22. The van der Waals surface area contributed by atoms with E-state index in [2.05, 4.69) is 27.4 Å². The molecule has 1 aliphatic rings. The van der Waals surface area contributed by atoms with Gasteiger partial charge in [-0.2, -0.15) is 13.2 Å². The molecular formula is C32H43F3OS. The number of carbonyl (C=O) groups excluding carboxylic acids is 1. The van der Waals surface area contributed by atoms with E-state index in [-0.39, 0.29) is 11.2 Å². The van der Waals surface area contributed by atoms with Crippen LogP contribution in [0, 0.1) is 22.7 Å². The second-order valence-corrected chi connectivity index (χ2v) is 12.2. The molecule has 5 heteroatoms. The third-order valence-electron chi connectivity index (χ3n) is 8.43. The van der Waals surface area contributed by atoms with Crippen LogP contribution in [0.15, 0.2) is 53.4 Å². The standard InChI is InChI=1S/C18H25F3.C14H18OS/c1-13-10-17(4,14(13)2)16(3,12-18(19,20)21)11-15-8-6-5-7-9-15;1-4-5-6-7-13(11(2)15)10-14-8-9-16-12(14)3/h5-9,13-14H,10-12H2,1-4H3;7-10H,3-6H2,1-2H3/b;13-7+,14-10-. The summed E-state index contributed by atoms with van der Waals surface area (Å²) >= 11 is 1.61. The molecule has 0 amide bonds. The summed E-state index contributed by atoms with van der Waals surface area (Å²) in [6.07, 6.45) is 3.77. The lowest BCUT2D eigenvalue weighted by Crippen LogP contribution is -2.55. The Kier molecular flexibility index (Phi) is 11.0. The molecule has 204 valence electrons. The fourth-order valence-corrected chi connectivity index (χ4v) is 6.30. The van der Waals surface area contributed by atoms with Crippen LogP contribution < -0.4 is 9.75 Å². The van der Waals surface area contributed by atoms with Crippen molar-refractivity contribution in [1.29, 1.82) is 0 Å². The smallest absolute Gasteiger partial charge is 0.295 e. The van der Waals surface area contributed by atoms with Crippen LogP contribution >= 0.6 is 11.3 Å². The van der Waals surface area contributed by atoms with Crippen LogP contribution in [0.1, 0.15) is 79.2 Å².